The van der Waals surface area contributed by atoms with Gasteiger partial charge in [0, 0.05) is 21.2 Å². The van der Waals surface area contributed by atoms with Crippen molar-refractivity contribution >= 4 is 42.9 Å². The minimum absolute atomic E-state index is 0.0740. The highest BCUT2D eigenvalue weighted by Crippen LogP contribution is 2.39. The topological polar surface area (TPSA) is 68.3 Å². The molecule has 162 valence electrons. The van der Waals surface area contributed by atoms with Gasteiger partial charge in [-0.3, -0.25) is 0 Å². The Labute approximate surface area is 196 Å². The lowest BCUT2D eigenvalue weighted by Crippen LogP contribution is -2.07. The summed E-state index contributed by atoms with van der Waals surface area (Å²) in [7, 11) is -7.98. The Morgan fingerprint density at radius 3 is 1.16 bits per heavy atom. The molecule has 0 N–H and O–H groups in total. The highest BCUT2D eigenvalue weighted by Gasteiger charge is 2.27. The van der Waals surface area contributed by atoms with Gasteiger partial charge in [0.1, 0.15) is 0 Å². The maximum absolute atomic E-state index is 13.4. The van der Waals surface area contributed by atoms with Gasteiger partial charge in [-0.15, -0.1) is 0 Å². The van der Waals surface area contributed by atoms with Crippen LogP contribution in [0.5, 0.6) is 0 Å². The Morgan fingerprint density at radius 1 is 0.469 bits per heavy atom. The first-order chi connectivity index (χ1) is 15.2. The standard InChI is InChI=1S/C24H16Cl2O4S2/c25-17-11-13-21(23(15-17)31(27,28)19-7-3-1-4-8-19)22-14-12-18(26)16-24(22)32(29,30)20-9-5-2-6-10-20/h1-16H. The Morgan fingerprint density at radius 2 is 0.812 bits per heavy atom. The second-order valence-electron chi connectivity index (χ2n) is 6.91. The summed E-state index contributed by atoms with van der Waals surface area (Å²) >= 11 is 12.3. The summed E-state index contributed by atoms with van der Waals surface area (Å²) in [6, 6.07) is 24.5. The molecule has 0 fully saturated rings. The molecule has 0 bridgehead atoms. The molecule has 0 aliphatic rings. The van der Waals surface area contributed by atoms with E-state index in [1.807, 2.05) is 0 Å². The summed E-state index contributed by atoms with van der Waals surface area (Å²) in [6.45, 7) is 0. The van der Waals surface area contributed by atoms with Gasteiger partial charge >= 0.3 is 0 Å². The predicted molar refractivity (Wildman–Crippen MR) is 126 cm³/mol. The number of halogens is 2. The summed E-state index contributed by atoms with van der Waals surface area (Å²) in [5, 5.41) is 0.425. The molecule has 0 unspecified atom stereocenters. The van der Waals surface area contributed by atoms with Gasteiger partial charge < -0.3 is 0 Å². The first-order valence-electron chi connectivity index (χ1n) is 9.41. The van der Waals surface area contributed by atoms with E-state index in [1.165, 1.54) is 60.7 Å². The molecule has 4 rings (SSSR count). The van der Waals surface area contributed by atoms with Crippen molar-refractivity contribution in [2.75, 3.05) is 0 Å². The van der Waals surface area contributed by atoms with Gasteiger partial charge in [0.25, 0.3) is 0 Å². The molecule has 8 heteroatoms. The minimum Gasteiger partial charge on any atom is -0.218 e. The largest absolute Gasteiger partial charge is 0.218 e. The minimum atomic E-state index is -3.99. The molecule has 4 nitrogen and oxygen atoms in total. The first-order valence-corrected chi connectivity index (χ1v) is 13.1. The molecule has 0 aliphatic carbocycles. The fourth-order valence-electron chi connectivity index (χ4n) is 3.34. The molecule has 0 atom stereocenters. The molecule has 0 spiro atoms. The van der Waals surface area contributed by atoms with E-state index < -0.39 is 19.7 Å². The van der Waals surface area contributed by atoms with Crippen molar-refractivity contribution in [3.05, 3.63) is 107 Å². The zero-order valence-corrected chi connectivity index (χ0v) is 19.6. The van der Waals surface area contributed by atoms with Crippen LogP contribution in [-0.4, -0.2) is 16.8 Å². The molecule has 32 heavy (non-hydrogen) atoms. The van der Waals surface area contributed by atoms with Gasteiger partial charge in [-0.05, 0) is 48.5 Å². The van der Waals surface area contributed by atoms with E-state index in [2.05, 4.69) is 0 Å². The van der Waals surface area contributed by atoms with Crippen molar-refractivity contribution < 1.29 is 16.8 Å². The normalized spacial score (nSPS) is 11.9. The number of hydrogen-bond acceptors (Lipinski definition) is 4. The van der Waals surface area contributed by atoms with Crippen LogP contribution in [-0.2, 0) is 19.7 Å². The van der Waals surface area contributed by atoms with Gasteiger partial charge in [-0.1, -0.05) is 71.7 Å². The van der Waals surface area contributed by atoms with E-state index in [1.54, 1.807) is 36.4 Å². The molecule has 0 radical (unpaired) electrons. The van der Waals surface area contributed by atoms with Crippen LogP contribution in [0.2, 0.25) is 10.0 Å². The fraction of sp³-hybridized carbons (Fsp3) is 0. The monoisotopic (exact) mass is 502 g/mol. The fourth-order valence-corrected chi connectivity index (χ4v) is 6.85. The van der Waals surface area contributed by atoms with Gasteiger partial charge in [-0.25, -0.2) is 16.8 Å². The highest BCUT2D eigenvalue weighted by atomic mass is 35.5. The van der Waals surface area contributed by atoms with Crippen LogP contribution < -0.4 is 0 Å². The summed E-state index contributed by atoms with van der Waals surface area (Å²) in [6.07, 6.45) is 0. The van der Waals surface area contributed by atoms with Crippen molar-refractivity contribution in [3.63, 3.8) is 0 Å². The molecule has 0 aliphatic heterocycles. The van der Waals surface area contributed by atoms with E-state index in [4.69, 9.17) is 23.2 Å². The Hall–Kier alpha value is -2.64. The van der Waals surface area contributed by atoms with Crippen LogP contribution >= 0.6 is 23.2 Å². The molecule has 0 saturated heterocycles. The van der Waals surface area contributed by atoms with Crippen molar-refractivity contribution in [1.82, 2.24) is 0 Å². The first kappa shape index (κ1) is 22.6. The smallest absolute Gasteiger partial charge is 0.207 e. The second kappa shape index (κ2) is 8.71. The van der Waals surface area contributed by atoms with Crippen molar-refractivity contribution in [3.8, 4) is 11.1 Å². The van der Waals surface area contributed by atoms with E-state index in [0.29, 0.717) is 0 Å². The van der Waals surface area contributed by atoms with Gasteiger partial charge in [-0.2, -0.15) is 0 Å². The lowest BCUT2D eigenvalue weighted by Gasteiger charge is -2.16. The zero-order valence-electron chi connectivity index (χ0n) is 16.4. The van der Waals surface area contributed by atoms with E-state index in [9.17, 15) is 16.8 Å². The molecular weight excluding hydrogens is 487 g/mol. The Bertz CT molecular complexity index is 1380. The van der Waals surface area contributed by atoms with Gasteiger partial charge in [0.05, 0.1) is 19.6 Å². The Balaban J connectivity index is 2.02. The number of benzene rings is 4. The highest BCUT2D eigenvalue weighted by molar-refractivity contribution is 7.92. The number of sulfone groups is 2. The second-order valence-corrected chi connectivity index (χ2v) is 11.6. The molecule has 4 aromatic carbocycles. The third-order valence-corrected chi connectivity index (χ3v) is 8.95. The van der Waals surface area contributed by atoms with Crippen molar-refractivity contribution in [2.45, 2.75) is 19.6 Å². The number of hydrogen-bond donors (Lipinski definition) is 0. The molecule has 0 amide bonds. The van der Waals surface area contributed by atoms with E-state index in [0.717, 1.165) is 0 Å². The Kier molecular flexibility index (Phi) is 6.14. The molecule has 4 aromatic rings. The quantitative estimate of drug-likeness (QED) is 0.319. The average molecular weight is 503 g/mol. The van der Waals surface area contributed by atoms with Crippen LogP contribution in [0.15, 0.2) is 117 Å². The lowest BCUT2D eigenvalue weighted by molar-refractivity contribution is 0.593. The summed E-state index contributed by atoms with van der Waals surface area (Å²) in [4.78, 5) is -0.0408. The van der Waals surface area contributed by atoms with Crippen molar-refractivity contribution in [2.24, 2.45) is 0 Å². The summed E-state index contributed by atoms with van der Waals surface area (Å²) < 4.78 is 53.8. The predicted octanol–water partition coefficient (Wildman–Crippen LogP) is 6.33. The third-order valence-electron chi connectivity index (χ3n) is 4.86. The molecule has 0 saturated carbocycles. The summed E-state index contributed by atoms with van der Waals surface area (Å²) in [5.74, 6) is 0. The van der Waals surface area contributed by atoms with Crippen LogP contribution in [0.25, 0.3) is 11.1 Å². The van der Waals surface area contributed by atoms with Crippen molar-refractivity contribution in [1.29, 1.82) is 0 Å². The average Bonchev–Trinajstić information content (AvgIpc) is 2.80. The molecule has 0 heterocycles. The van der Waals surface area contributed by atoms with Crippen LogP contribution in [0.4, 0.5) is 0 Å². The maximum Gasteiger partial charge on any atom is 0.207 e. The van der Waals surface area contributed by atoms with Gasteiger partial charge in [0.15, 0.2) is 0 Å². The SMILES string of the molecule is O=S(=O)(c1ccccc1)c1cc(Cl)ccc1-c1ccc(Cl)cc1S(=O)(=O)c1ccccc1. The van der Waals surface area contributed by atoms with Gasteiger partial charge in [0.2, 0.25) is 19.7 Å². The lowest BCUT2D eigenvalue weighted by atomic mass is 10.1. The van der Waals surface area contributed by atoms with Crippen LogP contribution in [0.1, 0.15) is 0 Å². The molecule has 0 aromatic heterocycles. The molecular formula is C24H16Cl2O4S2. The van der Waals surface area contributed by atoms with Crippen LogP contribution in [0, 0.1) is 0 Å². The zero-order chi connectivity index (χ0) is 22.9. The van der Waals surface area contributed by atoms with E-state index >= 15 is 0 Å². The third kappa shape index (κ3) is 4.19. The summed E-state index contributed by atoms with van der Waals surface area (Å²) in [5.41, 5.74) is 0.425. The van der Waals surface area contributed by atoms with Crippen LogP contribution in [0.3, 0.4) is 0 Å². The van der Waals surface area contributed by atoms with E-state index in [-0.39, 0.29) is 40.8 Å². The number of rotatable bonds is 5. The maximum atomic E-state index is 13.4.